The van der Waals surface area contributed by atoms with Gasteiger partial charge in [0.05, 0.1) is 24.3 Å². The highest BCUT2D eigenvalue weighted by molar-refractivity contribution is 5.99. The van der Waals surface area contributed by atoms with Crippen LogP contribution in [0.25, 0.3) is 0 Å². The van der Waals surface area contributed by atoms with Crippen LogP contribution >= 0.6 is 0 Å². The van der Waals surface area contributed by atoms with Crippen molar-refractivity contribution in [3.63, 3.8) is 0 Å². The van der Waals surface area contributed by atoms with Crippen LogP contribution in [0.4, 0.5) is 5.69 Å². The quantitative estimate of drug-likeness (QED) is 0.701. The molecule has 0 aromatic heterocycles. The van der Waals surface area contributed by atoms with Crippen LogP contribution in [0.5, 0.6) is 5.75 Å². The molecule has 0 saturated heterocycles. The van der Waals surface area contributed by atoms with E-state index >= 15 is 0 Å². The van der Waals surface area contributed by atoms with E-state index in [1.54, 1.807) is 19.9 Å². The molecule has 1 N–H and O–H groups in total. The first kappa shape index (κ1) is 21.0. The number of para-hydroxylation sites is 1. The Morgan fingerprint density at radius 2 is 1.46 bits per heavy atom. The summed E-state index contributed by atoms with van der Waals surface area (Å²) in [6.45, 7) is 5.39. The van der Waals surface area contributed by atoms with Gasteiger partial charge in [-0.1, -0.05) is 18.2 Å². The van der Waals surface area contributed by atoms with Crippen LogP contribution in [-0.4, -0.2) is 37.7 Å². The summed E-state index contributed by atoms with van der Waals surface area (Å²) in [5.41, 5.74) is 1.46. The monoisotopic (exact) mass is 385 g/mol. The van der Waals surface area contributed by atoms with E-state index in [0.717, 1.165) is 5.56 Å². The molecule has 0 aliphatic rings. The first-order chi connectivity index (χ1) is 13.4. The number of benzene rings is 2. The molecule has 0 atom stereocenters. The number of ether oxygens (including phenoxy) is 3. The zero-order valence-electron chi connectivity index (χ0n) is 16.1. The molecule has 148 valence electrons. The Balaban J connectivity index is 2.15. The van der Waals surface area contributed by atoms with E-state index < -0.39 is 17.8 Å². The number of carbonyl (C=O) groups excluding carboxylic acids is 3. The lowest BCUT2D eigenvalue weighted by atomic mass is 10.1. The summed E-state index contributed by atoms with van der Waals surface area (Å²) < 4.78 is 15.5. The second kappa shape index (κ2) is 10.1. The largest absolute Gasteiger partial charge is 0.483 e. The Morgan fingerprint density at radius 1 is 0.893 bits per heavy atom. The molecule has 0 fully saturated rings. The van der Waals surface area contributed by atoms with Crippen molar-refractivity contribution in [1.82, 2.24) is 0 Å². The van der Waals surface area contributed by atoms with E-state index in [2.05, 4.69) is 5.32 Å². The van der Waals surface area contributed by atoms with Gasteiger partial charge in [-0.3, -0.25) is 4.79 Å². The van der Waals surface area contributed by atoms with Gasteiger partial charge >= 0.3 is 11.9 Å². The van der Waals surface area contributed by atoms with Crippen LogP contribution < -0.4 is 10.1 Å². The highest BCUT2D eigenvalue weighted by Crippen LogP contribution is 2.19. The molecule has 7 nitrogen and oxygen atoms in total. The number of nitrogens with one attached hydrogen (secondary N) is 1. The number of esters is 2. The third kappa shape index (κ3) is 5.84. The summed E-state index contributed by atoms with van der Waals surface area (Å²) in [4.78, 5) is 36.3. The van der Waals surface area contributed by atoms with E-state index in [1.807, 2.05) is 25.1 Å². The van der Waals surface area contributed by atoms with Gasteiger partial charge in [0, 0.05) is 5.69 Å². The van der Waals surface area contributed by atoms with E-state index in [-0.39, 0.29) is 36.6 Å². The Morgan fingerprint density at radius 3 is 2.00 bits per heavy atom. The Labute approximate surface area is 163 Å². The zero-order chi connectivity index (χ0) is 20.5. The fraction of sp³-hybridized carbons (Fsp3) is 0.286. The molecule has 0 aliphatic carbocycles. The standard InChI is InChI=1S/C21H23NO6/c1-4-26-20(24)15-10-16(21(25)27-5-2)12-17(11-15)22-19(23)13-28-18-9-7-6-8-14(18)3/h6-12H,4-5,13H2,1-3H3,(H,22,23). The zero-order valence-corrected chi connectivity index (χ0v) is 16.1. The minimum absolute atomic E-state index is 0.141. The van der Waals surface area contributed by atoms with Gasteiger partial charge in [-0.05, 0) is 50.6 Å². The van der Waals surface area contributed by atoms with E-state index in [1.165, 1.54) is 18.2 Å². The highest BCUT2D eigenvalue weighted by atomic mass is 16.5. The van der Waals surface area contributed by atoms with Crippen molar-refractivity contribution in [2.45, 2.75) is 20.8 Å². The van der Waals surface area contributed by atoms with Gasteiger partial charge in [0.1, 0.15) is 5.75 Å². The molecule has 7 heteroatoms. The van der Waals surface area contributed by atoms with Crippen LogP contribution in [0.15, 0.2) is 42.5 Å². The summed E-state index contributed by atoms with van der Waals surface area (Å²) in [5.74, 6) is -1.02. The lowest BCUT2D eigenvalue weighted by Crippen LogP contribution is -2.21. The molecular formula is C21H23NO6. The minimum atomic E-state index is -0.597. The van der Waals surface area contributed by atoms with Gasteiger partial charge in [-0.2, -0.15) is 0 Å². The minimum Gasteiger partial charge on any atom is -0.483 e. The molecule has 2 aromatic carbocycles. The second-order valence-electron chi connectivity index (χ2n) is 5.84. The molecule has 0 unspecified atom stereocenters. The lowest BCUT2D eigenvalue weighted by molar-refractivity contribution is -0.118. The van der Waals surface area contributed by atoms with Crippen molar-refractivity contribution in [2.75, 3.05) is 25.1 Å². The third-order valence-corrected chi connectivity index (χ3v) is 3.69. The van der Waals surface area contributed by atoms with Crippen LogP contribution in [-0.2, 0) is 14.3 Å². The number of hydrogen-bond donors (Lipinski definition) is 1. The predicted molar refractivity (Wildman–Crippen MR) is 104 cm³/mol. The fourth-order valence-electron chi connectivity index (χ4n) is 2.42. The number of carbonyl (C=O) groups is 3. The first-order valence-corrected chi connectivity index (χ1v) is 8.92. The maximum atomic E-state index is 12.2. The first-order valence-electron chi connectivity index (χ1n) is 8.92. The van der Waals surface area contributed by atoms with E-state index in [9.17, 15) is 14.4 Å². The predicted octanol–water partition coefficient (Wildman–Crippen LogP) is 3.37. The number of rotatable bonds is 8. The van der Waals surface area contributed by atoms with Gasteiger partial charge in [0.25, 0.3) is 5.91 Å². The molecule has 1 amide bonds. The molecule has 0 spiro atoms. The molecule has 28 heavy (non-hydrogen) atoms. The summed E-state index contributed by atoms with van der Waals surface area (Å²) in [6, 6.07) is 11.6. The van der Waals surface area contributed by atoms with Gasteiger partial charge in [-0.25, -0.2) is 9.59 Å². The molecule has 2 aromatic rings. The normalized spacial score (nSPS) is 10.1. The van der Waals surface area contributed by atoms with Crippen molar-refractivity contribution < 1.29 is 28.6 Å². The SMILES string of the molecule is CCOC(=O)c1cc(NC(=O)COc2ccccc2C)cc(C(=O)OCC)c1. The van der Waals surface area contributed by atoms with Crippen molar-refractivity contribution in [3.05, 3.63) is 59.2 Å². The third-order valence-electron chi connectivity index (χ3n) is 3.69. The van der Waals surface area contributed by atoms with Gasteiger partial charge in [-0.15, -0.1) is 0 Å². The molecule has 0 heterocycles. The lowest BCUT2D eigenvalue weighted by Gasteiger charge is -2.12. The highest BCUT2D eigenvalue weighted by Gasteiger charge is 2.16. The smallest absolute Gasteiger partial charge is 0.338 e. The molecular weight excluding hydrogens is 362 g/mol. The van der Waals surface area contributed by atoms with Crippen LogP contribution in [0.2, 0.25) is 0 Å². The maximum absolute atomic E-state index is 12.2. The summed E-state index contributed by atoms with van der Waals surface area (Å²) in [6.07, 6.45) is 0. The van der Waals surface area contributed by atoms with Crippen LogP contribution in [0.1, 0.15) is 40.1 Å². The average Bonchev–Trinajstić information content (AvgIpc) is 2.67. The Bertz CT molecular complexity index is 825. The van der Waals surface area contributed by atoms with Gasteiger partial charge in [0.2, 0.25) is 0 Å². The van der Waals surface area contributed by atoms with Crippen molar-refractivity contribution in [3.8, 4) is 5.75 Å². The Kier molecular flexibility index (Phi) is 7.56. The number of hydrogen-bond acceptors (Lipinski definition) is 6. The van der Waals surface area contributed by atoms with Crippen LogP contribution in [0, 0.1) is 6.92 Å². The number of anilines is 1. The summed E-state index contributed by atoms with van der Waals surface area (Å²) in [5, 5.41) is 2.63. The number of amides is 1. The van der Waals surface area contributed by atoms with Crippen molar-refractivity contribution in [1.29, 1.82) is 0 Å². The van der Waals surface area contributed by atoms with Gasteiger partial charge < -0.3 is 19.5 Å². The second-order valence-corrected chi connectivity index (χ2v) is 5.84. The Hall–Kier alpha value is -3.35. The van der Waals surface area contributed by atoms with Gasteiger partial charge in [0.15, 0.2) is 6.61 Å². The summed E-state index contributed by atoms with van der Waals surface area (Å²) in [7, 11) is 0. The van der Waals surface area contributed by atoms with Crippen molar-refractivity contribution >= 4 is 23.5 Å². The molecule has 0 radical (unpaired) electrons. The van der Waals surface area contributed by atoms with Crippen LogP contribution in [0.3, 0.4) is 0 Å². The van der Waals surface area contributed by atoms with E-state index in [4.69, 9.17) is 14.2 Å². The van der Waals surface area contributed by atoms with E-state index in [0.29, 0.717) is 5.75 Å². The maximum Gasteiger partial charge on any atom is 0.338 e. The molecule has 0 aliphatic heterocycles. The topological polar surface area (TPSA) is 90.9 Å². The molecule has 0 saturated carbocycles. The summed E-state index contributed by atoms with van der Waals surface area (Å²) >= 11 is 0. The number of aryl methyl sites for hydroxylation is 1. The molecule has 0 bridgehead atoms. The average molecular weight is 385 g/mol. The molecule has 2 rings (SSSR count). The van der Waals surface area contributed by atoms with Crippen molar-refractivity contribution in [2.24, 2.45) is 0 Å². The fourth-order valence-corrected chi connectivity index (χ4v) is 2.42.